The van der Waals surface area contributed by atoms with Crippen LogP contribution in [0.1, 0.15) is 36.2 Å². The second-order valence-corrected chi connectivity index (χ2v) is 6.16. The summed E-state index contributed by atoms with van der Waals surface area (Å²) >= 11 is 5.96. The van der Waals surface area contributed by atoms with Gasteiger partial charge in [0.2, 0.25) is 5.95 Å². The summed E-state index contributed by atoms with van der Waals surface area (Å²) in [5.41, 5.74) is 2.43. The van der Waals surface area contributed by atoms with Crippen molar-refractivity contribution in [1.82, 2.24) is 15.0 Å². The fraction of sp³-hybridized carbons (Fsp3) is 0.412. The third-order valence-electron chi connectivity index (χ3n) is 4.23. The number of halogens is 1. The van der Waals surface area contributed by atoms with Crippen LogP contribution in [0.3, 0.4) is 0 Å². The van der Waals surface area contributed by atoms with Gasteiger partial charge in [0.05, 0.1) is 17.3 Å². The van der Waals surface area contributed by atoms with E-state index in [0.29, 0.717) is 23.1 Å². The first-order valence-corrected chi connectivity index (χ1v) is 8.43. The van der Waals surface area contributed by atoms with Gasteiger partial charge < -0.3 is 15.5 Å². The molecule has 7 heteroatoms. The molecule has 0 spiro atoms. The molecule has 0 aliphatic carbocycles. The quantitative estimate of drug-likeness (QED) is 0.866. The van der Waals surface area contributed by atoms with E-state index in [4.69, 9.17) is 16.4 Å². The fourth-order valence-corrected chi connectivity index (χ4v) is 3.05. The number of anilines is 1. The van der Waals surface area contributed by atoms with E-state index < -0.39 is 0 Å². The minimum Gasteiger partial charge on any atom is -0.411 e. The van der Waals surface area contributed by atoms with Crippen molar-refractivity contribution in [2.45, 2.75) is 32.4 Å². The van der Waals surface area contributed by atoms with Gasteiger partial charge in [-0.15, -0.1) is 4.73 Å². The summed E-state index contributed by atoms with van der Waals surface area (Å²) in [5.74, 6) is 0.435. The Bertz CT molecular complexity index is 773. The van der Waals surface area contributed by atoms with Gasteiger partial charge in [-0.05, 0) is 24.1 Å². The molecule has 128 valence electrons. The van der Waals surface area contributed by atoms with Crippen molar-refractivity contribution in [3.05, 3.63) is 56.5 Å². The number of rotatable bonds is 5. The van der Waals surface area contributed by atoms with Gasteiger partial charge in [-0.2, -0.15) is 0 Å². The third kappa shape index (κ3) is 3.25. The number of benzene rings is 1. The Morgan fingerprint density at radius 2 is 2.17 bits per heavy atom. The summed E-state index contributed by atoms with van der Waals surface area (Å²) < 4.78 is 1.23. The largest absolute Gasteiger partial charge is 0.411 e. The maximum Gasteiger partial charge on any atom is 0.292 e. The van der Waals surface area contributed by atoms with Crippen LogP contribution in [0.25, 0.3) is 0 Å². The summed E-state index contributed by atoms with van der Waals surface area (Å²) in [5, 5.41) is 7.23. The molecule has 6 nitrogen and oxygen atoms in total. The van der Waals surface area contributed by atoms with Crippen molar-refractivity contribution in [1.29, 1.82) is 0 Å². The lowest BCUT2D eigenvalue weighted by Crippen LogP contribution is -2.38. The highest BCUT2D eigenvalue weighted by Crippen LogP contribution is 2.23. The van der Waals surface area contributed by atoms with E-state index in [2.05, 4.69) is 22.5 Å². The molecule has 0 amide bonds. The van der Waals surface area contributed by atoms with Crippen LogP contribution >= 0.6 is 11.6 Å². The molecule has 1 aliphatic rings. The molecule has 1 aromatic heterocycles. The molecular formula is C17H21ClN4O2. The Morgan fingerprint density at radius 3 is 2.83 bits per heavy atom. The Balaban J connectivity index is 1.97. The predicted molar refractivity (Wildman–Crippen MR) is 94.5 cm³/mol. The molecule has 0 saturated heterocycles. The average molecular weight is 349 g/mol. The number of nitrogens with zero attached hydrogens (tertiary/aromatic N) is 2. The van der Waals surface area contributed by atoms with Crippen molar-refractivity contribution in [3.63, 3.8) is 0 Å². The summed E-state index contributed by atoms with van der Waals surface area (Å²) in [4.78, 5) is 22.5. The van der Waals surface area contributed by atoms with E-state index in [1.54, 1.807) is 0 Å². The van der Waals surface area contributed by atoms with Gasteiger partial charge in [0.1, 0.15) is 7.11 Å². The molecule has 24 heavy (non-hydrogen) atoms. The Labute approximate surface area is 145 Å². The van der Waals surface area contributed by atoms with Crippen molar-refractivity contribution in [3.8, 4) is 0 Å². The molecule has 0 bridgehead atoms. The molecule has 0 saturated carbocycles. The molecule has 1 unspecified atom stereocenters. The summed E-state index contributed by atoms with van der Waals surface area (Å²) in [6, 6.07) is 7.67. The molecule has 1 aliphatic heterocycles. The highest BCUT2D eigenvalue weighted by Gasteiger charge is 2.21. The van der Waals surface area contributed by atoms with E-state index in [1.165, 1.54) is 11.8 Å². The second-order valence-electron chi connectivity index (χ2n) is 5.73. The van der Waals surface area contributed by atoms with Crippen LogP contribution in [-0.2, 0) is 13.0 Å². The third-order valence-corrected chi connectivity index (χ3v) is 4.48. The normalized spacial score (nSPS) is 14.8. The van der Waals surface area contributed by atoms with Crippen molar-refractivity contribution >= 4 is 17.5 Å². The number of aromatic nitrogens is 2. The minimum atomic E-state index is -0.164. The van der Waals surface area contributed by atoms with E-state index in [1.807, 2.05) is 24.3 Å². The minimum absolute atomic E-state index is 0.00957. The molecular weight excluding hydrogens is 328 g/mol. The van der Waals surface area contributed by atoms with Crippen LogP contribution in [-0.4, -0.2) is 23.4 Å². The summed E-state index contributed by atoms with van der Waals surface area (Å²) in [6.07, 6.45) is 1.57. The summed E-state index contributed by atoms with van der Waals surface area (Å²) in [7, 11) is 1.47. The molecule has 2 aromatic rings. The lowest BCUT2D eigenvalue weighted by molar-refractivity contribution is 0.157. The van der Waals surface area contributed by atoms with Gasteiger partial charge in [0, 0.05) is 24.5 Å². The van der Waals surface area contributed by atoms with Crippen LogP contribution in [0.2, 0.25) is 5.02 Å². The predicted octanol–water partition coefficient (Wildman–Crippen LogP) is 2.16. The van der Waals surface area contributed by atoms with Crippen LogP contribution in [0.5, 0.6) is 0 Å². The zero-order valence-corrected chi connectivity index (χ0v) is 14.6. The van der Waals surface area contributed by atoms with Gasteiger partial charge in [-0.1, -0.05) is 30.7 Å². The SMILES string of the molecule is CCC(Nc1nc2c(c(=O)n1OC)CNCC2)c1ccc(Cl)cc1. The van der Waals surface area contributed by atoms with Crippen molar-refractivity contribution in [2.75, 3.05) is 19.0 Å². The van der Waals surface area contributed by atoms with Crippen molar-refractivity contribution in [2.24, 2.45) is 0 Å². The number of hydrogen-bond donors (Lipinski definition) is 2. The molecule has 3 rings (SSSR count). The first-order chi connectivity index (χ1) is 11.6. The van der Waals surface area contributed by atoms with Crippen LogP contribution in [0.15, 0.2) is 29.1 Å². The van der Waals surface area contributed by atoms with Gasteiger partial charge in [-0.3, -0.25) is 4.79 Å². The Hall–Kier alpha value is -2.05. The number of hydrogen-bond acceptors (Lipinski definition) is 5. The molecule has 1 atom stereocenters. The summed E-state index contributed by atoms with van der Waals surface area (Å²) in [6.45, 7) is 3.42. The monoisotopic (exact) mass is 348 g/mol. The molecule has 2 heterocycles. The molecule has 0 fully saturated rings. The standard InChI is InChI=1S/C17H21ClN4O2/c1-3-14(11-4-6-12(18)7-5-11)20-17-21-15-8-9-19-10-13(15)16(23)22(17)24-2/h4-7,14,19H,3,8-10H2,1-2H3,(H,20,21). The lowest BCUT2D eigenvalue weighted by Gasteiger charge is -2.23. The van der Waals surface area contributed by atoms with Gasteiger partial charge in [0.25, 0.3) is 5.56 Å². The van der Waals surface area contributed by atoms with E-state index in [0.717, 1.165) is 30.6 Å². The highest BCUT2D eigenvalue weighted by atomic mass is 35.5. The van der Waals surface area contributed by atoms with E-state index in [-0.39, 0.29) is 11.6 Å². The number of fused-ring (bicyclic) bond motifs is 1. The Kier molecular flexibility index (Phi) is 5.06. The maximum absolute atomic E-state index is 12.6. The topological polar surface area (TPSA) is 68.2 Å². The smallest absolute Gasteiger partial charge is 0.292 e. The molecule has 0 radical (unpaired) electrons. The lowest BCUT2D eigenvalue weighted by atomic mass is 10.0. The average Bonchev–Trinajstić information content (AvgIpc) is 2.61. The molecule has 2 N–H and O–H groups in total. The van der Waals surface area contributed by atoms with Crippen LogP contribution < -0.4 is 21.0 Å². The highest BCUT2D eigenvalue weighted by molar-refractivity contribution is 6.30. The zero-order chi connectivity index (χ0) is 17.1. The maximum atomic E-state index is 12.6. The Morgan fingerprint density at radius 1 is 1.42 bits per heavy atom. The zero-order valence-electron chi connectivity index (χ0n) is 13.8. The van der Waals surface area contributed by atoms with E-state index >= 15 is 0 Å². The molecule has 1 aromatic carbocycles. The first kappa shape index (κ1) is 16.8. The van der Waals surface area contributed by atoms with Crippen LogP contribution in [0, 0.1) is 0 Å². The fourth-order valence-electron chi connectivity index (χ4n) is 2.92. The van der Waals surface area contributed by atoms with Gasteiger partial charge >= 0.3 is 0 Å². The second kappa shape index (κ2) is 7.23. The number of nitrogens with one attached hydrogen (secondary N) is 2. The van der Waals surface area contributed by atoms with Gasteiger partial charge in [-0.25, -0.2) is 4.98 Å². The van der Waals surface area contributed by atoms with E-state index in [9.17, 15) is 4.79 Å². The van der Waals surface area contributed by atoms with Crippen LogP contribution in [0.4, 0.5) is 5.95 Å². The van der Waals surface area contributed by atoms with Crippen molar-refractivity contribution < 1.29 is 4.84 Å². The first-order valence-electron chi connectivity index (χ1n) is 8.06. The van der Waals surface area contributed by atoms with Gasteiger partial charge in [0.15, 0.2) is 0 Å².